The lowest BCUT2D eigenvalue weighted by atomic mass is 9.82. The monoisotopic (exact) mass is 382 g/mol. The molecule has 152 valence electrons. The van der Waals surface area contributed by atoms with E-state index in [9.17, 15) is 4.79 Å². The number of carbonyl (C=O) groups is 1. The SMILES string of the molecule is CN(C)C(=O)CN=C(NC1CCc2ccccc2C1)N1CC2CCCCC2C1. The Morgan fingerprint density at radius 2 is 1.79 bits per heavy atom. The molecule has 5 nitrogen and oxygen atoms in total. The van der Waals surface area contributed by atoms with E-state index < -0.39 is 0 Å². The molecule has 1 aliphatic heterocycles. The average molecular weight is 383 g/mol. The van der Waals surface area contributed by atoms with Gasteiger partial charge >= 0.3 is 0 Å². The van der Waals surface area contributed by atoms with Crippen molar-refractivity contribution in [2.75, 3.05) is 33.7 Å². The third-order valence-corrected chi connectivity index (χ3v) is 6.82. The smallest absolute Gasteiger partial charge is 0.243 e. The minimum absolute atomic E-state index is 0.0601. The van der Waals surface area contributed by atoms with Crippen molar-refractivity contribution in [3.05, 3.63) is 35.4 Å². The molecule has 0 aromatic heterocycles. The van der Waals surface area contributed by atoms with Crippen LogP contribution in [-0.2, 0) is 17.6 Å². The fraction of sp³-hybridized carbons (Fsp3) is 0.652. The number of benzene rings is 1. The second kappa shape index (κ2) is 8.54. The van der Waals surface area contributed by atoms with Gasteiger partial charge in [-0.3, -0.25) is 4.79 Å². The van der Waals surface area contributed by atoms with Crippen molar-refractivity contribution in [3.8, 4) is 0 Å². The van der Waals surface area contributed by atoms with E-state index in [-0.39, 0.29) is 12.5 Å². The molecule has 3 atom stereocenters. The second-order valence-corrected chi connectivity index (χ2v) is 8.99. The highest BCUT2D eigenvalue weighted by Gasteiger charge is 2.36. The zero-order valence-electron chi connectivity index (χ0n) is 17.4. The molecule has 1 aromatic rings. The first-order valence-electron chi connectivity index (χ1n) is 10.9. The summed E-state index contributed by atoms with van der Waals surface area (Å²) in [6, 6.07) is 9.17. The molecule has 28 heavy (non-hydrogen) atoms. The largest absolute Gasteiger partial charge is 0.353 e. The van der Waals surface area contributed by atoms with Crippen LogP contribution in [0, 0.1) is 11.8 Å². The summed E-state index contributed by atoms with van der Waals surface area (Å²) in [4.78, 5) is 21.0. The van der Waals surface area contributed by atoms with Gasteiger partial charge in [0.15, 0.2) is 5.96 Å². The zero-order valence-corrected chi connectivity index (χ0v) is 17.4. The van der Waals surface area contributed by atoms with E-state index in [1.54, 1.807) is 19.0 Å². The molecule has 4 rings (SSSR count). The molecular weight excluding hydrogens is 348 g/mol. The third-order valence-electron chi connectivity index (χ3n) is 6.82. The number of hydrogen-bond acceptors (Lipinski definition) is 2. The number of amides is 1. The summed E-state index contributed by atoms with van der Waals surface area (Å²) in [5, 5.41) is 3.75. The van der Waals surface area contributed by atoms with Gasteiger partial charge in [-0.05, 0) is 55.1 Å². The molecule has 1 heterocycles. The molecule has 1 aromatic carbocycles. The molecule has 3 aliphatic rings. The van der Waals surface area contributed by atoms with Crippen molar-refractivity contribution in [2.24, 2.45) is 16.8 Å². The lowest BCUT2D eigenvalue weighted by Gasteiger charge is -2.30. The standard InChI is InChI=1S/C23H34N4O/c1-26(2)22(28)14-24-23(27-15-19-9-5-6-10-20(19)16-27)25-21-12-11-17-7-3-4-8-18(17)13-21/h3-4,7-8,19-21H,5-6,9-16H2,1-2H3,(H,24,25). The maximum Gasteiger partial charge on any atom is 0.243 e. The van der Waals surface area contributed by atoms with Crippen molar-refractivity contribution in [2.45, 2.75) is 51.0 Å². The third kappa shape index (κ3) is 4.34. The fourth-order valence-electron chi connectivity index (χ4n) is 5.10. The van der Waals surface area contributed by atoms with Gasteiger partial charge in [-0.1, -0.05) is 37.1 Å². The number of rotatable bonds is 3. The van der Waals surface area contributed by atoms with Gasteiger partial charge in [0.2, 0.25) is 5.91 Å². The summed E-state index contributed by atoms with van der Waals surface area (Å²) in [6.45, 7) is 2.41. The Kier molecular flexibility index (Phi) is 5.88. The van der Waals surface area contributed by atoms with Crippen molar-refractivity contribution in [1.82, 2.24) is 15.1 Å². The topological polar surface area (TPSA) is 47.9 Å². The predicted molar refractivity (Wildman–Crippen MR) is 113 cm³/mol. The lowest BCUT2D eigenvalue weighted by molar-refractivity contribution is -0.127. The first-order chi connectivity index (χ1) is 13.6. The molecular formula is C23H34N4O. The van der Waals surface area contributed by atoms with Crippen LogP contribution in [0.3, 0.4) is 0 Å². The van der Waals surface area contributed by atoms with Crippen LogP contribution >= 0.6 is 0 Å². The number of hydrogen-bond donors (Lipinski definition) is 1. The molecule has 2 fully saturated rings. The van der Waals surface area contributed by atoms with E-state index in [1.165, 1.54) is 36.8 Å². The van der Waals surface area contributed by atoms with Gasteiger partial charge in [-0.15, -0.1) is 0 Å². The normalized spacial score (nSPS) is 27.1. The number of aryl methyl sites for hydroxylation is 1. The Morgan fingerprint density at radius 3 is 2.46 bits per heavy atom. The van der Waals surface area contributed by atoms with Crippen LogP contribution in [0.25, 0.3) is 0 Å². The summed E-state index contributed by atoms with van der Waals surface area (Å²) < 4.78 is 0. The van der Waals surface area contributed by atoms with Crippen LogP contribution < -0.4 is 5.32 Å². The first-order valence-corrected chi connectivity index (χ1v) is 10.9. The summed E-state index contributed by atoms with van der Waals surface area (Å²) >= 11 is 0. The van der Waals surface area contributed by atoms with E-state index in [0.29, 0.717) is 6.04 Å². The van der Waals surface area contributed by atoms with E-state index in [1.807, 2.05) is 0 Å². The van der Waals surface area contributed by atoms with Gasteiger partial charge < -0.3 is 15.1 Å². The molecule has 1 saturated carbocycles. The van der Waals surface area contributed by atoms with Gasteiger partial charge in [0.05, 0.1) is 0 Å². The van der Waals surface area contributed by atoms with Crippen LogP contribution in [0.15, 0.2) is 29.3 Å². The minimum atomic E-state index is 0.0601. The van der Waals surface area contributed by atoms with E-state index in [0.717, 1.165) is 50.1 Å². The van der Waals surface area contributed by atoms with Crippen molar-refractivity contribution >= 4 is 11.9 Å². The Balaban J connectivity index is 1.47. The van der Waals surface area contributed by atoms with Crippen molar-refractivity contribution in [3.63, 3.8) is 0 Å². The maximum atomic E-state index is 12.1. The van der Waals surface area contributed by atoms with E-state index >= 15 is 0 Å². The number of likely N-dealkylation sites (N-methyl/N-ethyl adjacent to an activating group) is 1. The molecule has 3 unspecified atom stereocenters. The first kappa shape index (κ1) is 19.3. The molecule has 1 saturated heterocycles. The Hall–Kier alpha value is -2.04. The van der Waals surface area contributed by atoms with Gasteiger partial charge in [-0.25, -0.2) is 4.99 Å². The van der Waals surface area contributed by atoms with Crippen LogP contribution in [0.2, 0.25) is 0 Å². The predicted octanol–water partition coefficient (Wildman–Crippen LogP) is 2.70. The number of nitrogens with one attached hydrogen (secondary N) is 1. The molecule has 5 heteroatoms. The second-order valence-electron chi connectivity index (χ2n) is 8.99. The summed E-state index contributed by atoms with van der Waals surface area (Å²) in [5.41, 5.74) is 2.93. The highest BCUT2D eigenvalue weighted by atomic mass is 16.2. The van der Waals surface area contributed by atoms with Gasteiger partial charge in [0.25, 0.3) is 0 Å². The summed E-state index contributed by atoms with van der Waals surface area (Å²) in [7, 11) is 3.60. The highest BCUT2D eigenvalue weighted by molar-refractivity contribution is 5.85. The number of likely N-dealkylation sites (tertiary alicyclic amines) is 1. The zero-order chi connectivity index (χ0) is 19.5. The van der Waals surface area contributed by atoms with E-state index in [2.05, 4.69) is 34.5 Å². The van der Waals surface area contributed by atoms with Gasteiger partial charge in [0.1, 0.15) is 6.54 Å². The lowest BCUT2D eigenvalue weighted by Crippen LogP contribution is -2.47. The average Bonchev–Trinajstić information content (AvgIpc) is 3.14. The number of aliphatic imine (C=N–C) groups is 1. The van der Waals surface area contributed by atoms with Crippen LogP contribution in [-0.4, -0.2) is 61.4 Å². The number of carbonyl (C=O) groups excluding carboxylic acids is 1. The Morgan fingerprint density at radius 1 is 1.11 bits per heavy atom. The number of guanidine groups is 1. The Labute approximate surface area is 169 Å². The summed E-state index contributed by atoms with van der Waals surface area (Å²) in [5.74, 6) is 2.62. The molecule has 0 spiro atoms. The maximum absolute atomic E-state index is 12.1. The quantitative estimate of drug-likeness (QED) is 0.646. The summed E-state index contributed by atoms with van der Waals surface area (Å²) in [6.07, 6.45) is 8.71. The number of fused-ring (bicyclic) bond motifs is 2. The van der Waals surface area contributed by atoms with Crippen molar-refractivity contribution < 1.29 is 4.79 Å². The molecule has 0 radical (unpaired) electrons. The van der Waals surface area contributed by atoms with Gasteiger partial charge in [-0.2, -0.15) is 0 Å². The van der Waals surface area contributed by atoms with Crippen LogP contribution in [0.1, 0.15) is 43.2 Å². The molecule has 1 N–H and O–H groups in total. The molecule has 2 aliphatic carbocycles. The molecule has 0 bridgehead atoms. The van der Waals surface area contributed by atoms with Crippen LogP contribution in [0.4, 0.5) is 0 Å². The van der Waals surface area contributed by atoms with Crippen LogP contribution in [0.5, 0.6) is 0 Å². The van der Waals surface area contributed by atoms with E-state index in [4.69, 9.17) is 4.99 Å². The van der Waals surface area contributed by atoms with Crippen molar-refractivity contribution in [1.29, 1.82) is 0 Å². The Bertz CT molecular complexity index is 715. The molecule has 1 amide bonds. The van der Waals surface area contributed by atoms with Gasteiger partial charge in [0, 0.05) is 33.2 Å². The number of nitrogens with zero attached hydrogens (tertiary/aromatic N) is 3. The highest BCUT2D eigenvalue weighted by Crippen LogP contribution is 2.36. The minimum Gasteiger partial charge on any atom is -0.353 e. The fourth-order valence-corrected chi connectivity index (χ4v) is 5.10.